The van der Waals surface area contributed by atoms with E-state index >= 15 is 0 Å². The molecule has 2 N–H and O–H groups in total. The van der Waals surface area contributed by atoms with Crippen LogP contribution in [0.3, 0.4) is 0 Å². The molecule has 0 saturated carbocycles. The highest BCUT2D eigenvalue weighted by Gasteiger charge is 2.17. The maximum atomic E-state index is 10.5. The first kappa shape index (κ1) is 22.9. The summed E-state index contributed by atoms with van der Waals surface area (Å²) >= 11 is 0. The van der Waals surface area contributed by atoms with E-state index in [4.69, 9.17) is 9.47 Å². The molecule has 0 saturated heterocycles. The third-order valence-electron chi connectivity index (χ3n) is 5.51. The Morgan fingerprint density at radius 3 is 1.52 bits per heavy atom. The van der Waals surface area contributed by atoms with Crippen LogP contribution in [0, 0.1) is 0 Å². The molecule has 0 aliphatic rings. The number of ether oxygens (including phenoxy) is 2. The van der Waals surface area contributed by atoms with E-state index in [2.05, 4.69) is 0 Å². The van der Waals surface area contributed by atoms with E-state index in [0.29, 0.717) is 12.4 Å². The van der Waals surface area contributed by atoms with Gasteiger partial charge in [0.1, 0.15) is 5.75 Å². The standard InChI is InChI=1S/C27H26B2O4/c1-21(33-27-18-16-26(17-19-27)29(31)24-10-6-3-7-11-24)32-20-22-12-14-25(15-13-22)28(30)23-8-4-2-5-9-23/h2-19,21,30-31H,20H2,1H3. The van der Waals surface area contributed by atoms with Crippen molar-refractivity contribution in [3.05, 3.63) is 115 Å². The molecule has 4 rings (SSSR count). The normalized spacial score (nSPS) is 11.6. The van der Waals surface area contributed by atoms with Gasteiger partial charge in [-0.25, -0.2) is 0 Å². The fraction of sp³-hybridized carbons (Fsp3) is 0.111. The summed E-state index contributed by atoms with van der Waals surface area (Å²) in [6.07, 6.45) is -0.440. The number of rotatable bonds is 9. The van der Waals surface area contributed by atoms with Crippen LogP contribution in [0.5, 0.6) is 5.75 Å². The lowest BCUT2D eigenvalue weighted by molar-refractivity contribution is -0.0759. The van der Waals surface area contributed by atoms with Gasteiger partial charge in [-0.3, -0.25) is 0 Å². The van der Waals surface area contributed by atoms with Crippen molar-refractivity contribution in [1.29, 1.82) is 0 Å². The maximum Gasteiger partial charge on any atom is 0.358 e. The zero-order valence-corrected chi connectivity index (χ0v) is 18.5. The number of hydrogen-bond donors (Lipinski definition) is 2. The van der Waals surface area contributed by atoms with Gasteiger partial charge in [0, 0.05) is 0 Å². The average molecular weight is 436 g/mol. The minimum Gasteiger partial charge on any atom is -0.465 e. The Morgan fingerprint density at radius 2 is 1.03 bits per heavy atom. The van der Waals surface area contributed by atoms with Crippen LogP contribution in [0.4, 0.5) is 0 Å². The molecule has 0 spiro atoms. The summed E-state index contributed by atoms with van der Waals surface area (Å²) in [6, 6.07) is 34.3. The zero-order valence-electron chi connectivity index (χ0n) is 18.5. The molecule has 33 heavy (non-hydrogen) atoms. The van der Waals surface area contributed by atoms with Gasteiger partial charge in [-0.15, -0.1) is 0 Å². The number of hydrogen-bond acceptors (Lipinski definition) is 4. The molecule has 4 aromatic carbocycles. The fourth-order valence-corrected chi connectivity index (χ4v) is 3.62. The maximum absolute atomic E-state index is 10.5. The summed E-state index contributed by atoms with van der Waals surface area (Å²) in [5.74, 6) is 0.674. The Bertz CT molecular complexity index is 1120. The topological polar surface area (TPSA) is 58.9 Å². The van der Waals surface area contributed by atoms with E-state index in [1.54, 1.807) is 0 Å². The molecule has 0 amide bonds. The van der Waals surface area contributed by atoms with Gasteiger partial charge >= 0.3 is 13.8 Å². The van der Waals surface area contributed by atoms with E-state index in [-0.39, 0.29) is 0 Å². The molecule has 4 nitrogen and oxygen atoms in total. The molecule has 1 atom stereocenters. The molecule has 1 unspecified atom stereocenters. The van der Waals surface area contributed by atoms with E-state index < -0.39 is 20.1 Å². The summed E-state index contributed by atoms with van der Waals surface area (Å²) in [5, 5.41) is 21.0. The molecule has 0 bridgehead atoms. The lowest BCUT2D eigenvalue weighted by Gasteiger charge is -2.16. The van der Waals surface area contributed by atoms with Gasteiger partial charge in [-0.05, 0) is 46.5 Å². The number of benzene rings is 4. The van der Waals surface area contributed by atoms with Gasteiger partial charge in [0.25, 0.3) is 0 Å². The van der Waals surface area contributed by atoms with E-state index in [1.807, 2.05) is 116 Å². The molecule has 0 aromatic heterocycles. The fourth-order valence-electron chi connectivity index (χ4n) is 3.62. The van der Waals surface area contributed by atoms with Gasteiger partial charge < -0.3 is 19.5 Å². The third-order valence-corrected chi connectivity index (χ3v) is 5.51. The van der Waals surface area contributed by atoms with Crippen LogP contribution < -0.4 is 26.6 Å². The van der Waals surface area contributed by atoms with Crippen LogP contribution in [-0.4, -0.2) is 30.2 Å². The smallest absolute Gasteiger partial charge is 0.358 e. The first-order valence-corrected chi connectivity index (χ1v) is 11.0. The minimum atomic E-state index is -0.669. The van der Waals surface area contributed by atoms with Crippen molar-refractivity contribution >= 4 is 35.7 Å². The van der Waals surface area contributed by atoms with Crippen molar-refractivity contribution in [2.45, 2.75) is 19.8 Å². The largest absolute Gasteiger partial charge is 0.465 e. The molecular formula is C27H26B2O4. The molecule has 0 aliphatic carbocycles. The SMILES string of the molecule is CC(OCc1ccc(B(O)c2ccccc2)cc1)Oc1ccc(B(O)c2ccccc2)cc1. The molecule has 0 fully saturated rings. The summed E-state index contributed by atoms with van der Waals surface area (Å²) < 4.78 is 11.7. The predicted molar refractivity (Wildman–Crippen MR) is 135 cm³/mol. The van der Waals surface area contributed by atoms with E-state index in [1.165, 1.54) is 0 Å². The van der Waals surface area contributed by atoms with Crippen molar-refractivity contribution < 1.29 is 19.5 Å². The van der Waals surface area contributed by atoms with Crippen LogP contribution in [0.2, 0.25) is 0 Å². The lowest BCUT2D eigenvalue weighted by Crippen LogP contribution is -2.42. The quantitative estimate of drug-likeness (QED) is 0.311. The Morgan fingerprint density at radius 1 is 0.606 bits per heavy atom. The van der Waals surface area contributed by atoms with Crippen molar-refractivity contribution in [2.24, 2.45) is 0 Å². The second-order valence-corrected chi connectivity index (χ2v) is 7.93. The van der Waals surface area contributed by atoms with Crippen LogP contribution in [-0.2, 0) is 11.3 Å². The summed E-state index contributed by atoms with van der Waals surface area (Å²) in [7, 11) is 0. The highest BCUT2D eigenvalue weighted by molar-refractivity contribution is 6.79. The first-order chi connectivity index (χ1) is 16.1. The summed E-state index contributed by atoms with van der Waals surface area (Å²) in [5.41, 5.74) is 4.36. The van der Waals surface area contributed by atoms with Gasteiger partial charge in [-0.2, -0.15) is 0 Å². The Labute approximate surface area is 195 Å². The van der Waals surface area contributed by atoms with Gasteiger partial charge in [0.05, 0.1) is 6.61 Å². The zero-order chi connectivity index (χ0) is 23.0. The van der Waals surface area contributed by atoms with Crippen molar-refractivity contribution in [1.82, 2.24) is 0 Å². The van der Waals surface area contributed by atoms with Gasteiger partial charge in [0.15, 0.2) is 6.29 Å². The second-order valence-electron chi connectivity index (χ2n) is 7.93. The van der Waals surface area contributed by atoms with Gasteiger partial charge in [-0.1, -0.05) is 97.1 Å². The first-order valence-electron chi connectivity index (χ1n) is 11.0. The summed E-state index contributed by atoms with van der Waals surface area (Å²) in [4.78, 5) is 0. The Kier molecular flexibility index (Phi) is 7.63. The monoisotopic (exact) mass is 436 g/mol. The molecule has 4 aromatic rings. The molecule has 6 heteroatoms. The Hall–Kier alpha value is -3.31. The molecular weight excluding hydrogens is 410 g/mol. The van der Waals surface area contributed by atoms with Crippen LogP contribution in [0.15, 0.2) is 109 Å². The van der Waals surface area contributed by atoms with Crippen LogP contribution in [0.25, 0.3) is 0 Å². The van der Waals surface area contributed by atoms with E-state index in [0.717, 1.165) is 27.4 Å². The predicted octanol–water partition coefficient (Wildman–Crippen LogP) is 1.82. The van der Waals surface area contributed by atoms with Crippen molar-refractivity contribution in [3.63, 3.8) is 0 Å². The molecule has 164 valence electrons. The highest BCUT2D eigenvalue weighted by Crippen LogP contribution is 2.12. The average Bonchev–Trinajstić information content (AvgIpc) is 2.88. The lowest BCUT2D eigenvalue weighted by atomic mass is 9.56. The Balaban J connectivity index is 1.28. The van der Waals surface area contributed by atoms with Crippen LogP contribution in [0.1, 0.15) is 12.5 Å². The van der Waals surface area contributed by atoms with Gasteiger partial charge in [0.2, 0.25) is 0 Å². The third kappa shape index (κ3) is 6.14. The van der Waals surface area contributed by atoms with Crippen LogP contribution >= 0.6 is 0 Å². The highest BCUT2D eigenvalue weighted by atomic mass is 16.7. The van der Waals surface area contributed by atoms with E-state index in [9.17, 15) is 10.0 Å². The summed E-state index contributed by atoms with van der Waals surface area (Å²) in [6.45, 7) is 0.928. The molecule has 0 radical (unpaired) electrons. The van der Waals surface area contributed by atoms with Crippen molar-refractivity contribution in [3.8, 4) is 5.75 Å². The molecule has 0 heterocycles. The minimum absolute atomic E-state index is 0.397. The molecule has 0 aliphatic heterocycles. The van der Waals surface area contributed by atoms with Crippen molar-refractivity contribution in [2.75, 3.05) is 0 Å². The second kappa shape index (κ2) is 11.0.